The number of aliphatic imine (C=N–C) groups is 1. The molecule has 44 heavy (non-hydrogen) atoms. The van der Waals surface area contributed by atoms with Gasteiger partial charge in [0.05, 0.1) is 5.70 Å². The highest BCUT2D eigenvalue weighted by Gasteiger charge is 2.09. The Morgan fingerprint density at radius 3 is 1.98 bits per heavy atom. The van der Waals surface area contributed by atoms with Crippen molar-refractivity contribution in [3.05, 3.63) is 186 Å². The standard InChI is InChI=1S/C42H34N2/c1-31(35-19-21-39(22-20-35)41-14-9-27-43-29-41)42(40-25-23-38(24-26-40)37-12-7-4-8-13-37)30-44-32(2)36-17-15-34(16-18-36)28-33-10-5-3-6-11-33/h3-10,12-30H,2,11H2,1H3/b33-28+,42-31-,44-30?. The van der Waals surface area contributed by atoms with E-state index in [-0.39, 0.29) is 0 Å². The molecule has 4 aromatic carbocycles. The maximum absolute atomic E-state index is 4.89. The van der Waals surface area contributed by atoms with Gasteiger partial charge in [-0.1, -0.05) is 146 Å². The molecular weight excluding hydrogens is 532 g/mol. The number of hydrogen-bond acceptors (Lipinski definition) is 2. The van der Waals surface area contributed by atoms with E-state index in [1.54, 1.807) is 6.20 Å². The van der Waals surface area contributed by atoms with Crippen LogP contribution < -0.4 is 0 Å². The number of allylic oxidation sites excluding steroid dienone is 7. The second-order valence-electron chi connectivity index (χ2n) is 10.8. The Morgan fingerprint density at radius 1 is 0.682 bits per heavy atom. The summed E-state index contributed by atoms with van der Waals surface area (Å²) in [5, 5.41) is 0. The fourth-order valence-corrected chi connectivity index (χ4v) is 5.30. The summed E-state index contributed by atoms with van der Waals surface area (Å²) in [4.78, 5) is 9.16. The van der Waals surface area contributed by atoms with Crippen LogP contribution in [0, 0.1) is 0 Å². The van der Waals surface area contributed by atoms with E-state index in [1.807, 2.05) is 24.5 Å². The molecule has 0 amide bonds. The Balaban J connectivity index is 1.30. The molecular formula is C42H34N2. The van der Waals surface area contributed by atoms with Gasteiger partial charge in [-0.3, -0.25) is 9.98 Å². The van der Waals surface area contributed by atoms with Crippen LogP contribution >= 0.6 is 0 Å². The maximum Gasteiger partial charge on any atom is 0.0630 e. The van der Waals surface area contributed by atoms with Crippen molar-refractivity contribution in [1.82, 2.24) is 4.98 Å². The second kappa shape index (κ2) is 13.6. The first-order valence-corrected chi connectivity index (χ1v) is 14.9. The van der Waals surface area contributed by atoms with Crippen LogP contribution in [-0.2, 0) is 0 Å². The zero-order chi connectivity index (χ0) is 30.1. The third kappa shape index (κ3) is 6.88. The van der Waals surface area contributed by atoms with Gasteiger partial charge >= 0.3 is 0 Å². The fourth-order valence-electron chi connectivity index (χ4n) is 5.30. The maximum atomic E-state index is 4.89. The van der Waals surface area contributed by atoms with E-state index in [9.17, 15) is 0 Å². The topological polar surface area (TPSA) is 25.2 Å². The van der Waals surface area contributed by atoms with Crippen molar-refractivity contribution < 1.29 is 0 Å². The Kier molecular flexibility index (Phi) is 8.80. The molecule has 1 aliphatic carbocycles. The monoisotopic (exact) mass is 566 g/mol. The van der Waals surface area contributed by atoms with Gasteiger partial charge in [0.1, 0.15) is 0 Å². The Labute approximate surface area is 260 Å². The van der Waals surface area contributed by atoms with Crippen LogP contribution in [0.15, 0.2) is 169 Å². The molecule has 2 heteroatoms. The lowest BCUT2D eigenvalue weighted by Gasteiger charge is -2.12. The smallest absolute Gasteiger partial charge is 0.0630 e. The van der Waals surface area contributed by atoms with Crippen molar-refractivity contribution in [1.29, 1.82) is 0 Å². The van der Waals surface area contributed by atoms with Crippen LogP contribution in [0.25, 0.3) is 45.2 Å². The molecule has 0 N–H and O–H groups in total. The van der Waals surface area contributed by atoms with Crippen LogP contribution in [0.5, 0.6) is 0 Å². The van der Waals surface area contributed by atoms with Crippen LogP contribution in [-0.4, -0.2) is 11.2 Å². The summed E-state index contributed by atoms with van der Waals surface area (Å²) < 4.78 is 0. The van der Waals surface area contributed by atoms with E-state index in [2.05, 4.69) is 152 Å². The minimum atomic E-state index is 0.725. The summed E-state index contributed by atoms with van der Waals surface area (Å²) in [6, 6.07) is 40.3. The van der Waals surface area contributed by atoms with Gasteiger partial charge in [0.15, 0.2) is 0 Å². The Bertz CT molecular complexity index is 1890. The van der Waals surface area contributed by atoms with Gasteiger partial charge < -0.3 is 0 Å². The molecule has 2 nitrogen and oxygen atoms in total. The normalized spacial score (nSPS) is 14.2. The van der Waals surface area contributed by atoms with Crippen molar-refractivity contribution in [2.75, 3.05) is 0 Å². The number of benzene rings is 4. The van der Waals surface area contributed by atoms with Gasteiger partial charge in [-0.15, -0.1) is 0 Å². The first-order chi connectivity index (χ1) is 21.6. The number of rotatable bonds is 8. The first-order valence-electron chi connectivity index (χ1n) is 14.9. The van der Waals surface area contributed by atoms with Gasteiger partial charge in [0.2, 0.25) is 0 Å². The molecule has 0 fully saturated rings. The highest BCUT2D eigenvalue weighted by Crippen LogP contribution is 2.30. The Hall–Kier alpha value is -5.60. The van der Waals surface area contributed by atoms with Crippen molar-refractivity contribution in [2.45, 2.75) is 13.3 Å². The zero-order valence-electron chi connectivity index (χ0n) is 24.9. The molecule has 212 valence electrons. The molecule has 0 saturated carbocycles. The van der Waals surface area contributed by atoms with E-state index in [0.29, 0.717) is 0 Å². The number of hydrogen-bond donors (Lipinski definition) is 0. The molecule has 0 unspecified atom stereocenters. The summed E-state index contributed by atoms with van der Waals surface area (Å²) in [6.07, 6.45) is 17.3. The summed E-state index contributed by atoms with van der Waals surface area (Å²) in [5.41, 5.74) is 13.3. The minimum Gasteiger partial charge on any atom is -0.264 e. The Morgan fingerprint density at radius 2 is 1.32 bits per heavy atom. The largest absolute Gasteiger partial charge is 0.264 e. The van der Waals surface area contributed by atoms with Crippen LogP contribution in [0.1, 0.15) is 35.6 Å². The van der Waals surface area contributed by atoms with Crippen LogP contribution in [0.3, 0.4) is 0 Å². The van der Waals surface area contributed by atoms with Crippen molar-refractivity contribution in [3.63, 3.8) is 0 Å². The van der Waals surface area contributed by atoms with Gasteiger partial charge in [-0.25, -0.2) is 0 Å². The highest BCUT2D eigenvalue weighted by molar-refractivity contribution is 6.20. The fraction of sp³-hybridized carbons (Fsp3) is 0.0476. The lowest BCUT2D eigenvalue weighted by molar-refractivity contribution is 1.28. The van der Waals surface area contributed by atoms with E-state index >= 15 is 0 Å². The average molecular weight is 567 g/mol. The SMILES string of the molecule is C=C(N=C/C(=C(\C)c1ccc(-c2cccnc2)cc1)c1ccc(-c2ccccc2)cc1)c1ccc(/C=C2\C=CC=CC2)cc1. The van der Waals surface area contributed by atoms with Gasteiger partial charge in [-0.05, 0) is 75.1 Å². The summed E-state index contributed by atoms with van der Waals surface area (Å²) in [6.45, 7) is 6.46. The third-order valence-electron chi connectivity index (χ3n) is 7.88. The predicted molar refractivity (Wildman–Crippen MR) is 189 cm³/mol. The molecule has 1 aromatic heterocycles. The van der Waals surface area contributed by atoms with E-state index < -0.39 is 0 Å². The molecule has 6 rings (SSSR count). The molecule has 0 aliphatic heterocycles. The van der Waals surface area contributed by atoms with Gasteiger partial charge in [0, 0.05) is 24.2 Å². The molecule has 1 heterocycles. The number of aromatic nitrogens is 1. The quantitative estimate of drug-likeness (QED) is 0.135. The summed E-state index contributed by atoms with van der Waals surface area (Å²) in [7, 11) is 0. The first kappa shape index (κ1) is 28.5. The van der Waals surface area contributed by atoms with Gasteiger partial charge in [-0.2, -0.15) is 0 Å². The predicted octanol–water partition coefficient (Wildman–Crippen LogP) is 11.0. The second-order valence-corrected chi connectivity index (χ2v) is 10.8. The lowest BCUT2D eigenvalue weighted by atomic mass is 9.94. The molecule has 0 spiro atoms. The minimum absolute atomic E-state index is 0.725. The summed E-state index contributed by atoms with van der Waals surface area (Å²) in [5.74, 6) is 0. The third-order valence-corrected chi connectivity index (χ3v) is 7.88. The van der Waals surface area contributed by atoms with E-state index in [0.717, 1.165) is 51.1 Å². The van der Waals surface area contributed by atoms with Crippen molar-refractivity contribution >= 4 is 29.1 Å². The number of pyridine rings is 1. The van der Waals surface area contributed by atoms with E-state index in [4.69, 9.17) is 4.99 Å². The van der Waals surface area contributed by atoms with E-state index in [1.165, 1.54) is 22.3 Å². The highest BCUT2D eigenvalue weighted by atomic mass is 14.7. The lowest BCUT2D eigenvalue weighted by Crippen LogP contribution is -1.93. The molecule has 5 aromatic rings. The molecule has 0 bridgehead atoms. The average Bonchev–Trinajstić information content (AvgIpc) is 3.10. The van der Waals surface area contributed by atoms with Crippen LogP contribution in [0.4, 0.5) is 0 Å². The molecule has 1 aliphatic rings. The molecule has 0 radical (unpaired) electrons. The molecule has 0 atom stereocenters. The molecule has 0 saturated heterocycles. The summed E-state index contributed by atoms with van der Waals surface area (Å²) >= 11 is 0. The number of nitrogens with zero attached hydrogens (tertiary/aromatic N) is 2. The van der Waals surface area contributed by atoms with Crippen LogP contribution in [0.2, 0.25) is 0 Å². The zero-order valence-corrected chi connectivity index (χ0v) is 24.9. The van der Waals surface area contributed by atoms with Crippen molar-refractivity contribution in [3.8, 4) is 22.3 Å². The van der Waals surface area contributed by atoms with Crippen molar-refractivity contribution in [2.24, 2.45) is 4.99 Å². The van der Waals surface area contributed by atoms with Gasteiger partial charge in [0.25, 0.3) is 0 Å².